The van der Waals surface area contributed by atoms with Crippen LogP contribution in [0, 0.1) is 0 Å². The number of carbonyl (C=O) groups is 1. The van der Waals surface area contributed by atoms with Gasteiger partial charge in [0.05, 0.1) is 0 Å². The first-order valence-electron chi connectivity index (χ1n) is 4.55. The molecular formula is C8H14N4O2. The third-order valence-corrected chi connectivity index (χ3v) is 1.88. The lowest BCUT2D eigenvalue weighted by atomic mass is 10.4. The molecule has 1 aromatic rings. The average molecular weight is 198 g/mol. The monoisotopic (exact) mass is 198 g/mol. The summed E-state index contributed by atoms with van der Waals surface area (Å²) >= 11 is 0. The van der Waals surface area contributed by atoms with Crippen LogP contribution in [0.15, 0.2) is 0 Å². The van der Waals surface area contributed by atoms with E-state index in [0.29, 0.717) is 11.8 Å². The van der Waals surface area contributed by atoms with Gasteiger partial charge in [0.2, 0.25) is 5.95 Å². The van der Waals surface area contributed by atoms with Crippen molar-refractivity contribution in [2.75, 3.05) is 18.0 Å². The molecule has 0 saturated heterocycles. The Morgan fingerprint density at radius 3 is 2.64 bits per heavy atom. The maximum absolute atomic E-state index is 10.4. The first-order valence-corrected chi connectivity index (χ1v) is 4.55. The van der Waals surface area contributed by atoms with E-state index in [2.05, 4.69) is 15.2 Å². The fraction of sp³-hybridized carbons (Fsp3) is 0.625. The van der Waals surface area contributed by atoms with Crippen molar-refractivity contribution in [2.45, 2.75) is 20.3 Å². The van der Waals surface area contributed by atoms with Crippen LogP contribution in [0.1, 0.15) is 19.7 Å². The summed E-state index contributed by atoms with van der Waals surface area (Å²) in [6, 6.07) is 0. The molecule has 0 aliphatic heterocycles. The van der Waals surface area contributed by atoms with Gasteiger partial charge in [-0.05, 0) is 13.8 Å². The molecule has 14 heavy (non-hydrogen) atoms. The predicted octanol–water partition coefficient (Wildman–Crippen LogP) is 0.278. The van der Waals surface area contributed by atoms with E-state index in [1.165, 1.54) is 0 Å². The van der Waals surface area contributed by atoms with Crippen LogP contribution in [0.4, 0.5) is 5.95 Å². The van der Waals surface area contributed by atoms with Gasteiger partial charge < -0.3 is 10.0 Å². The van der Waals surface area contributed by atoms with Gasteiger partial charge in [-0.25, -0.2) is 0 Å². The van der Waals surface area contributed by atoms with Gasteiger partial charge in [-0.2, -0.15) is 4.98 Å². The van der Waals surface area contributed by atoms with Crippen molar-refractivity contribution < 1.29 is 9.90 Å². The fourth-order valence-electron chi connectivity index (χ4n) is 1.16. The Balaban J connectivity index is 2.71. The topological polar surface area (TPSA) is 82.1 Å². The van der Waals surface area contributed by atoms with Crippen LogP contribution in [0.5, 0.6) is 0 Å². The Morgan fingerprint density at radius 2 is 2.14 bits per heavy atom. The normalized spacial score (nSPS) is 10.1. The third kappa shape index (κ3) is 2.45. The number of aliphatic carboxylic acids is 1. The zero-order chi connectivity index (χ0) is 10.6. The van der Waals surface area contributed by atoms with Crippen LogP contribution in [-0.2, 0) is 11.2 Å². The first kappa shape index (κ1) is 10.5. The number of anilines is 1. The summed E-state index contributed by atoms with van der Waals surface area (Å²) in [7, 11) is 0. The summed E-state index contributed by atoms with van der Waals surface area (Å²) in [6.07, 6.45) is -0.117. The molecule has 6 heteroatoms. The summed E-state index contributed by atoms with van der Waals surface area (Å²) in [5.41, 5.74) is 0. The molecule has 1 aromatic heterocycles. The molecule has 78 valence electrons. The van der Waals surface area contributed by atoms with Crippen LogP contribution in [0.25, 0.3) is 0 Å². The molecule has 1 heterocycles. The number of hydrogen-bond donors (Lipinski definition) is 2. The Labute approximate surface area is 82.0 Å². The highest BCUT2D eigenvalue weighted by Crippen LogP contribution is 2.06. The predicted molar refractivity (Wildman–Crippen MR) is 51.3 cm³/mol. The molecule has 0 amide bonds. The lowest BCUT2D eigenvalue weighted by Crippen LogP contribution is -2.23. The Bertz CT molecular complexity index is 306. The van der Waals surface area contributed by atoms with Crippen LogP contribution < -0.4 is 4.90 Å². The lowest BCUT2D eigenvalue weighted by Gasteiger charge is -2.14. The van der Waals surface area contributed by atoms with Crippen molar-refractivity contribution in [1.29, 1.82) is 0 Å². The van der Waals surface area contributed by atoms with Crippen molar-refractivity contribution in [2.24, 2.45) is 0 Å². The number of H-pyrrole nitrogens is 1. The van der Waals surface area contributed by atoms with Crippen molar-refractivity contribution in [3.63, 3.8) is 0 Å². The van der Waals surface area contributed by atoms with Crippen LogP contribution in [-0.4, -0.2) is 39.3 Å². The second kappa shape index (κ2) is 4.59. The maximum Gasteiger partial charge on any atom is 0.311 e. The molecule has 2 N–H and O–H groups in total. The summed E-state index contributed by atoms with van der Waals surface area (Å²) < 4.78 is 0. The minimum absolute atomic E-state index is 0.117. The van der Waals surface area contributed by atoms with E-state index in [1.807, 2.05) is 18.7 Å². The molecule has 1 rings (SSSR count). The minimum Gasteiger partial charge on any atom is -0.481 e. The number of nitrogens with one attached hydrogen (secondary N) is 1. The van der Waals surface area contributed by atoms with Gasteiger partial charge in [-0.1, -0.05) is 0 Å². The molecule has 0 unspecified atom stereocenters. The van der Waals surface area contributed by atoms with E-state index in [4.69, 9.17) is 5.11 Å². The molecule has 0 saturated carbocycles. The van der Waals surface area contributed by atoms with Crippen LogP contribution in [0.3, 0.4) is 0 Å². The zero-order valence-corrected chi connectivity index (χ0v) is 8.32. The van der Waals surface area contributed by atoms with Gasteiger partial charge in [0.15, 0.2) is 0 Å². The Hall–Kier alpha value is -1.59. The molecule has 0 aliphatic carbocycles. The van der Waals surface area contributed by atoms with Gasteiger partial charge in [0, 0.05) is 13.1 Å². The first-order chi connectivity index (χ1) is 6.67. The van der Waals surface area contributed by atoms with Crippen molar-refractivity contribution in [1.82, 2.24) is 15.2 Å². The number of nitrogens with zero attached hydrogens (tertiary/aromatic N) is 3. The van der Waals surface area contributed by atoms with E-state index in [0.717, 1.165) is 13.1 Å². The molecule has 0 radical (unpaired) electrons. The summed E-state index contributed by atoms with van der Waals surface area (Å²) in [5.74, 6) is 0.0397. The molecular weight excluding hydrogens is 184 g/mol. The van der Waals surface area contributed by atoms with Gasteiger partial charge in [-0.3, -0.25) is 9.89 Å². The standard InChI is InChI=1S/C8H14N4O2/c1-3-12(4-2)8-9-6(10-11-8)5-7(13)14/h3-5H2,1-2H3,(H,13,14)(H,9,10,11). The number of hydrogen-bond acceptors (Lipinski definition) is 4. The zero-order valence-electron chi connectivity index (χ0n) is 8.32. The number of carboxylic acids is 1. The van der Waals surface area contributed by atoms with Gasteiger partial charge >= 0.3 is 5.97 Å². The number of aromatic nitrogens is 3. The van der Waals surface area contributed by atoms with E-state index in [9.17, 15) is 4.79 Å². The van der Waals surface area contributed by atoms with Crippen molar-refractivity contribution >= 4 is 11.9 Å². The second-order valence-corrected chi connectivity index (χ2v) is 2.82. The Morgan fingerprint density at radius 1 is 1.50 bits per heavy atom. The SMILES string of the molecule is CCN(CC)c1n[nH]c(CC(=O)O)n1. The highest BCUT2D eigenvalue weighted by molar-refractivity contribution is 5.69. The second-order valence-electron chi connectivity index (χ2n) is 2.82. The van der Waals surface area contributed by atoms with Crippen molar-refractivity contribution in [3.8, 4) is 0 Å². The van der Waals surface area contributed by atoms with Crippen LogP contribution >= 0.6 is 0 Å². The summed E-state index contributed by atoms with van der Waals surface area (Å²) in [4.78, 5) is 16.4. The van der Waals surface area contributed by atoms with E-state index < -0.39 is 5.97 Å². The van der Waals surface area contributed by atoms with Gasteiger partial charge in [-0.15, -0.1) is 5.10 Å². The van der Waals surface area contributed by atoms with Gasteiger partial charge in [0.1, 0.15) is 12.2 Å². The fourth-order valence-corrected chi connectivity index (χ4v) is 1.16. The smallest absolute Gasteiger partial charge is 0.311 e. The maximum atomic E-state index is 10.4. The molecule has 0 fully saturated rings. The van der Waals surface area contributed by atoms with E-state index >= 15 is 0 Å². The average Bonchev–Trinajstić information content (AvgIpc) is 2.54. The van der Waals surface area contributed by atoms with E-state index in [1.54, 1.807) is 0 Å². The number of carboxylic acid groups (broad SMARTS) is 1. The molecule has 0 aromatic carbocycles. The summed E-state index contributed by atoms with van der Waals surface area (Å²) in [6.45, 7) is 5.61. The lowest BCUT2D eigenvalue weighted by molar-refractivity contribution is -0.136. The quantitative estimate of drug-likeness (QED) is 0.710. The van der Waals surface area contributed by atoms with E-state index in [-0.39, 0.29) is 6.42 Å². The number of rotatable bonds is 5. The number of aromatic amines is 1. The molecule has 0 aliphatic rings. The molecule has 0 spiro atoms. The molecule has 0 bridgehead atoms. The van der Waals surface area contributed by atoms with Crippen molar-refractivity contribution in [3.05, 3.63) is 5.82 Å². The highest BCUT2D eigenvalue weighted by atomic mass is 16.4. The van der Waals surface area contributed by atoms with Crippen LogP contribution in [0.2, 0.25) is 0 Å². The summed E-state index contributed by atoms with van der Waals surface area (Å²) in [5, 5.41) is 15.1. The third-order valence-electron chi connectivity index (χ3n) is 1.88. The largest absolute Gasteiger partial charge is 0.481 e. The Kier molecular flexibility index (Phi) is 3.44. The molecule has 6 nitrogen and oxygen atoms in total. The molecule has 0 atom stereocenters. The van der Waals surface area contributed by atoms with Gasteiger partial charge in [0.25, 0.3) is 0 Å². The minimum atomic E-state index is -0.910. The highest BCUT2D eigenvalue weighted by Gasteiger charge is 2.10.